The number of hydrogen-bond donors (Lipinski definition) is 1. The molecule has 0 amide bonds. The van der Waals surface area contributed by atoms with Gasteiger partial charge in [0.25, 0.3) is 0 Å². The lowest BCUT2D eigenvalue weighted by Gasteiger charge is -1.79. The van der Waals surface area contributed by atoms with E-state index >= 15 is 0 Å². The lowest BCUT2D eigenvalue weighted by Crippen LogP contribution is -2.03. The molecule has 1 aliphatic heterocycles. The lowest BCUT2D eigenvalue weighted by atomic mass is 10.4. The fourth-order valence-electron chi connectivity index (χ4n) is 1.05. The highest BCUT2D eigenvalue weighted by Crippen LogP contribution is 1.90. The Hall–Kier alpha value is -0.760. The first kappa shape index (κ1) is 8.34. The summed E-state index contributed by atoms with van der Waals surface area (Å²) in [7, 11) is 2.00. The highest BCUT2D eigenvalue weighted by Gasteiger charge is 1.93. The van der Waals surface area contributed by atoms with Crippen molar-refractivity contribution in [3.05, 3.63) is 24.5 Å². The van der Waals surface area contributed by atoms with Crippen molar-refractivity contribution in [2.24, 2.45) is 7.05 Å². The Kier molecular flexibility index (Phi) is 3.76. The van der Waals surface area contributed by atoms with Crippen molar-refractivity contribution in [2.45, 2.75) is 12.8 Å². The molecule has 2 nitrogen and oxygen atoms in total. The van der Waals surface area contributed by atoms with E-state index in [1.165, 1.54) is 25.9 Å². The van der Waals surface area contributed by atoms with Crippen LogP contribution < -0.4 is 5.32 Å². The van der Waals surface area contributed by atoms with Crippen molar-refractivity contribution in [3.63, 3.8) is 0 Å². The van der Waals surface area contributed by atoms with Crippen molar-refractivity contribution >= 4 is 0 Å². The van der Waals surface area contributed by atoms with Crippen LogP contribution in [0.25, 0.3) is 0 Å². The van der Waals surface area contributed by atoms with E-state index in [9.17, 15) is 0 Å². The lowest BCUT2D eigenvalue weighted by molar-refractivity contribution is 0.857. The Morgan fingerprint density at radius 3 is 1.82 bits per heavy atom. The molecule has 2 heterocycles. The van der Waals surface area contributed by atoms with Crippen LogP contribution in [0.4, 0.5) is 0 Å². The van der Waals surface area contributed by atoms with E-state index < -0.39 is 0 Å². The molecule has 0 saturated carbocycles. The third-order valence-corrected chi connectivity index (χ3v) is 1.71. The Bertz CT molecular complexity index is 156. The summed E-state index contributed by atoms with van der Waals surface area (Å²) in [5.74, 6) is 0. The van der Waals surface area contributed by atoms with E-state index in [2.05, 4.69) is 5.32 Å². The zero-order valence-corrected chi connectivity index (χ0v) is 7.09. The van der Waals surface area contributed by atoms with Gasteiger partial charge in [-0.05, 0) is 38.1 Å². The molecule has 0 unspecified atom stereocenters. The van der Waals surface area contributed by atoms with Crippen LogP contribution in [0, 0.1) is 0 Å². The Morgan fingerprint density at radius 1 is 1.09 bits per heavy atom. The second kappa shape index (κ2) is 4.97. The number of nitrogens with one attached hydrogen (secondary N) is 1. The van der Waals surface area contributed by atoms with E-state index in [1.807, 2.05) is 36.1 Å². The van der Waals surface area contributed by atoms with Crippen molar-refractivity contribution in [3.8, 4) is 0 Å². The predicted octanol–water partition coefficient (Wildman–Crippen LogP) is 1.39. The molecule has 1 N–H and O–H groups in total. The third-order valence-electron chi connectivity index (χ3n) is 1.71. The van der Waals surface area contributed by atoms with Gasteiger partial charge in [0, 0.05) is 19.4 Å². The fourth-order valence-corrected chi connectivity index (χ4v) is 1.05. The number of rotatable bonds is 0. The molecular weight excluding hydrogens is 136 g/mol. The van der Waals surface area contributed by atoms with Crippen LogP contribution in [-0.4, -0.2) is 17.7 Å². The highest BCUT2D eigenvalue weighted by atomic mass is 14.9. The SMILES string of the molecule is C1CCNC1.Cn1cccc1. The fraction of sp³-hybridized carbons (Fsp3) is 0.556. The molecule has 0 bridgehead atoms. The molecule has 1 saturated heterocycles. The van der Waals surface area contributed by atoms with Crippen LogP contribution in [0.5, 0.6) is 0 Å². The van der Waals surface area contributed by atoms with Crippen LogP contribution in [0.15, 0.2) is 24.5 Å². The molecule has 11 heavy (non-hydrogen) atoms. The van der Waals surface area contributed by atoms with Gasteiger partial charge in [-0.3, -0.25) is 0 Å². The van der Waals surface area contributed by atoms with E-state index in [0.29, 0.717) is 0 Å². The van der Waals surface area contributed by atoms with Crippen LogP contribution in [0.2, 0.25) is 0 Å². The molecule has 0 atom stereocenters. The van der Waals surface area contributed by atoms with E-state index in [0.717, 1.165) is 0 Å². The minimum atomic E-state index is 1.25. The number of nitrogens with zero attached hydrogens (tertiary/aromatic N) is 1. The highest BCUT2D eigenvalue weighted by molar-refractivity contribution is 4.88. The van der Waals surface area contributed by atoms with Crippen molar-refractivity contribution < 1.29 is 0 Å². The summed E-state index contributed by atoms with van der Waals surface area (Å²) in [6, 6.07) is 4.00. The number of hydrogen-bond acceptors (Lipinski definition) is 1. The van der Waals surface area contributed by atoms with Crippen LogP contribution >= 0.6 is 0 Å². The smallest absolute Gasteiger partial charge is 0.0106 e. The van der Waals surface area contributed by atoms with Gasteiger partial charge in [-0.25, -0.2) is 0 Å². The average molecular weight is 152 g/mol. The largest absolute Gasteiger partial charge is 0.357 e. The molecule has 62 valence electrons. The zero-order valence-electron chi connectivity index (χ0n) is 7.09. The topological polar surface area (TPSA) is 17.0 Å². The monoisotopic (exact) mass is 152 g/mol. The number of aryl methyl sites for hydroxylation is 1. The molecule has 0 spiro atoms. The Morgan fingerprint density at radius 2 is 1.64 bits per heavy atom. The summed E-state index contributed by atoms with van der Waals surface area (Å²) in [5.41, 5.74) is 0. The molecule has 0 aromatic carbocycles. The molecule has 2 heteroatoms. The van der Waals surface area contributed by atoms with Gasteiger partial charge in [0.1, 0.15) is 0 Å². The Labute approximate surface area is 68.2 Å². The first-order chi connectivity index (χ1) is 5.39. The van der Waals surface area contributed by atoms with Gasteiger partial charge < -0.3 is 9.88 Å². The van der Waals surface area contributed by atoms with Gasteiger partial charge in [0.2, 0.25) is 0 Å². The molecule has 1 aliphatic rings. The van der Waals surface area contributed by atoms with E-state index in [4.69, 9.17) is 0 Å². The average Bonchev–Trinajstić information content (AvgIpc) is 2.57. The maximum atomic E-state index is 3.22. The second-order valence-corrected chi connectivity index (χ2v) is 2.81. The minimum Gasteiger partial charge on any atom is -0.357 e. The Balaban J connectivity index is 0.000000112. The van der Waals surface area contributed by atoms with Gasteiger partial charge in [-0.15, -0.1) is 0 Å². The predicted molar refractivity (Wildman–Crippen MR) is 47.5 cm³/mol. The van der Waals surface area contributed by atoms with Gasteiger partial charge in [0.15, 0.2) is 0 Å². The quantitative estimate of drug-likeness (QED) is 0.594. The summed E-state index contributed by atoms with van der Waals surface area (Å²) in [6.45, 7) is 2.50. The summed E-state index contributed by atoms with van der Waals surface area (Å²) in [5, 5.41) is 3.22. The normalized spacial score (nSPS) is 15.7. The first-order valence-corrected chi connectivity index (χ1v) is 4.17. The molecule has 1 aromatic rings. The summed E-state index contributed by atoms with van der Waals surface area (Å²) in [6.07, 6.45) is 6.78. The van der Waals surface area contributed by atoms with Crippen molar-refractivity contribution in [1.29, 1.82) is 0 Å². The van der Waals surface area contributed by atoms with Crippen LogP contribution in [0.3, 0.4) is 0 Å². The zero-order chi connectivity index (χ0) is 7.94. The minimum absolute atomic E-state index is 1.25. The molecule has 0 aliphatic carbocycles. The summed E-state index contributed by atoms with van der Waals surface area (Å²) >= 11 is 0. The molecule has 0 radical (unpaired) electrons. The van der Waals surface area contributed by atoms with Gasteiger partial charge in [0.05, 0.1) is 0 Å². The molecule has 1 fully saturated rings. The van der Waals surface area contributed by atoms with Crippen molar-refractivity contribution in [2.75, 3.05) is 13.1 Å². The third kappa shape index (κ3) is 3.83. The van der Waals surface area contributed by atoms with E-state index in [1.54, 1.807) is 0 Å². The second-order valence-electron chi connectivity index (χ2n) is 2.81. The summed E-state index contributed by atoms with van der Waals surface area (Å²) < 4.78 is 2.00. The maximum Gasteiger partial charge on any atom is 0.0106 e. The maximum absolute atomic E-state index is 3.22. The molecular formula is C9H16N2. The van der Waals surface area contributed by atoms with Gasteiger partial charge in [-0.1, -0.05) is 0 Å². The van der Waals surface area contributed by atoms with Gasteiger partial charge in [-0.2, -0.15) is 0 Å². The first-order valence-electron chi connectivity index (χ1n) is 4.17. The van der Waals surface area contributed by atoms with Crippen LogP contribution in [0.1, 0.15) is 12.8 Å². The molecule has 1 aromatic heterocycles. The molecule has 2 rings (SSSR count). The van der Waals surface area contributed by atoms with Gasteiger partial charge >= 0.3 is 0 Å². The van der Waals surface area contributed by atoms with Crippen molar-refractivity contribution in [1.82, 2.24) is 9.88 Å². The van der Waals surface area contributed by atoms with E-state index in [-0.39, 0.29) is 0 Å². The van der Waals surface area contributed by atoms with Crippen LogP contribution in [-0.2, 0) is 7.05 Å². The summed E-state index contributed by atoms with van der Waals surface area (Å²) in [4.78, 5) is 0. The standard InChI is InChI=1S/C5H7N.C4H9N/c1-6-4-2-3-5-6;1-2-4-5-3-1/h2-5H,1H3;5H,1-4H2. The number of aromatic nitrogens is 1.